The lowest BCUT2D eigenvalue weighted by atomic mass is 9.87. The van der Waals surface area contributed by atoms with Gasteiger partial charge in [0.05, 0.1) is 26.9 Å². The van der Waals surface area contributed by atoms with Gasteiger partial charge in [-0.2, -0.15) is 0 Å². The van der Waals surface area contributed by atoms with Crippen molar-refractivity contribution in [3.63, 3.8) is 0 Å². The Bertz CT molecular complexity index is 2290. The van der Waals surface area contributed by atoms with E-state index in [9.17, 15) is 19.5 Å². The van der Waals surface area contributed by atoms with Crippen LogP contribution in [0.1, 0.15) is 85.9 Å². The van der Waals surface area contributed by atoms with Crippen molar-refractivity contribution in [1.82, 2.24) is 34.3 Å². The number of piperidine rings is 3. The first-order chi connectivity index (χ1) is 25.9. The molecule has 13 nitrogen and oxygen atoms in total. The molecule has 1 atom stereocenters. The Hall–Kier alpha value is -4.92. The third-order valence-corrected chi connectivity index (χ3v) is 12.5. The van der Waals surface area contributed by atoms with E-state index in [4.69, 9.17) is 4.98 Å². The topological polar surface area (TPSA) is 151 Å². The zero-order valence-electron chi connectivity index (χ0n) is 31.0. The van der Waals surface area contributed by atoms with Gasteiger partial charge in [-0.05, 0) is 107 Å². The lowest BCUT2D eigenvalue weighted by Crippen LogP contribution is -2.41. The van der Waals surface area contributed by atoms with Crippen molar-refractivity contribution in [2.75, 3.05) is 42.9 Å². The molecule has 0 aliphatic carbocycles. The number of aliphatic hydroxyl groups is 1. The van der Waals surface area contributed by atoms with Crippen molar-refractivity contribution < 1.29 is 14.7 Å². The standard InChI is InChI=1S/C40H47N9O4S/c1-24-8-9-33(37(51)43-24)49-32-7-5-6-27(35(32)46(4)39(49)52)26-13-16-47(17-14-26)22-25-11-18-48(19-12-25)38-45-31-20-28(40(2,3)53)30(21-34(31)54-38)44-36(50)29-10-15-41-23-42-29/h5-7,10,15,20-21,23,25-26,33,53H,1,8-9,11-14,16-19,22H2,2-4H3,(H,43,51)(H,44,50). The molecular weight excluding hydrogens is 703 g/mol. The van der Waals surface area contributed by atoms with Crippen LogP contribution in [0.15, 0.2) is 66.0 Å². The molecule has 3 aliphatic heterocycles. The summed E-state index contributed by atoms with van der Waals surface area (Å²) in [6, 6.07) is 11.0. The molecule has 3 aromatic heterocycles. The van der Waals surface area contributed by atoms with Crippen LogP contribution in [-0.4, -0.2) is 78.6 Å². The Morgan fingerprint density at radius 1 is 1.07 bits per heavy atom. The highest BCUT2D eigenvalue weighted by molar-refractivity contribution is 7.22. The SMILES string of the molecule is C=C1CCC(n2c(=O)n(C)c3c(C4CCN(CC5CCN(c6nc7cc(C(C)(C)O)c(NC(=O)c8ccncn8)cc7s6)CC5)CC4)cccc32)C(=O)N1. The van der Waals surface area contributed by atoms with Crippen molar-refractivity contribution in [2.24, 2.45) is 13.0 Å². The fourth-order valence-electron chi connectivity index (χ4n) is 8.52. The molecule has 2 amide bonds. The second-order valence-corrected chi connectivity index (χ2v) is 16.6. The summed E-state index contributed by atoms with van der Waals surface area (Å²) in [5, 5.41) is 17.7. The normalized spacial score (nSPS) is 19.5. The third-order valence-electron chi connectivity index (χ3n) is 11.4. The van der Waals surface area contributed by atoms with Crippen LogP contribution >= 0.6 is 11.3 Å². The predicted molar refractivity (Wildman–Crippen MR) is 211 cm³/mol. The highest BCUT2D eigenvalue weighted by atomic mass is 32.1. The number of nitrogens with zero attached hydrogens (tertiary/aromatic N) is 7. The van der Waals surface area contributed by atoms with E-state index in [0.29, 0.717) is 41.6 Å². The van der Waals surface area contributed by atoms with Crippen molar-refractivity contribution >= 4 is 55.2 Å². The molecule has 3 fully saturated rings. The molecule has 3 aliphatic rings. The summed E-state index contributed by atoms with van der Waals surface area (Å²) >= 11 is 1.61. The van der Waals surface area contributed by atoms with E-state index >= 15 is 0 Å². The number of carbonyl (C=O) groups is 2. The second-order valence-electron chi connectivity index (χ2n) is 15.5. The first-order valence-electron chi connectivity index (χ1n) is 18.8. The van der Waals surface area contributed by atoms with Gasteiger partial charge in [0, 0.05) is 49.8 Å². The van der Waals surface area contributed by atoms with Crippen LogP contribution in [-0.2, 0) is 17.4 Å². The quantitative estimate of drug-likeness (QED) is 0.193. The molecule has 54 heavy (non-hydrogen) atoms. The van der Waals surface area contributed by atoms with Crippen LogP contribution < -0.4 is 21.2 Å². The molecule has 8 rings (SSSR count). The maximum atomic E-state index is 13.5. The van der Waals surface area contributed by atoms with Gasteiger partial charge in [-0.3, -0.25) is 18.7 Å². The minimum absolute atomic E-state index is 0.147. The maximum absolute atomic E-state index is 13.5. The molecule has 3 N–H and O–H groups in total. The number of hydrogen-bond acceptors (Lipinski definition) is 10. The Kier molecular flexibility index (Phi) is 9.61. The predicted octanol–water partition coefficient (Wildman–Crippen LogP) is 5.28. The number of aromatic nitrogens is 5. The number of likely N-dealkylation sites (tertiary alicyclic amines) is 1. The largest absolute Gasteiger partial charge is 0.386 e. The summed E-state index contributed by atoms with van der Waals surface area (Å²) in [7, 11) is 1.83. The molecular formula is C40H47N9O4S. The smallest absolute Gasteiger partial charge is 0.329 e. The van der Waals surface area contributed by atoms with Gasteiger partial charge < -0.3 is 25.5 Å². The molecule has 14 heteroatoms. The number of benzene rings is 2. The molecule has 1 unspecified atom stereocenters. The minimum atomic E-state index is -1.19. The number of rotatable bonds is 8. The van der Waals surface area contributed by atoms with Gasteiger partial charge in [-0.15, -0.1) is 0 Å². The molecule has 0 bridgehead atoms. The van der Waals surface area contributed by atoms with E-state index in [-0.39, 0.29) is 23.2 Å². The average Bonchev–Trinajstić information content (AvgIpc) is 3.69. The number of fused-ring (bicyclic) bond motifs is 2. The van der Waals surface area contributed by atoms with Crippen molar-refractivity contribution in [3.05, 3.63) is 88.5 Å². The van der Waals surface area contributed by atoms with Gasteiger partial charge in [0.15, 0.2) is 5.13 Å². The molecule has 0 radical (unpaired) electrons. The van der Waals surface area contributed by atoms with Crippen LogP contribution in [0.5, 0.6) is 0 Å². The lowest BCUT2D eigenvalue weighted by molar-refractivity contribution is -0.124. The van der Waals surface area contributed by atoms with Crippen LogP contribution in [0.2, 0.25) is 0 Å². The van der Waals surface area contributed by atoms with Gasteiger partial charge in [0.25, 0.3) is 5.91 Å². The van der Waals surface area contributed by atoms with Crippen molar-refractivity contribution in [3.8, 4) is 0 Å². The highest BCUT2D eigenvalue weighted by Crippen LogP contribution is 2.39. The van der Waals surface area contributed by atoms with Crippen molar-refractivity contribution in [2.45, 2.75) is 69.9 Å². The summed E-state index contributed by atoms with van der Waals surface area (Å²) in [6.45, 7) is 12.3. The van der Waals surface area contributed by atoms with Gasteiger partial charge in [-0.1, -0.05) is 30.0 Å². The van der Waals surface area contributed by atoms with E-state index < -0.39 is 11.6 Å². The van der Waals surface area contributed by atoms with Crippen LogP contribution in [0.3, 0.4) is 0 Å². The molecule has 2 aromatic carbocycles. The van der Waals surface area contributed by atoms with E-state index in [1.54, 1.807) is 40.4 Å². The van der Waals surface area contributed by atoms with Crippen LogP contribution in [0.4, 0.5) is 10.8 Å². The average molecular weight is 750 g/mol. The summed E-state index contributed by atoms with van der Waals surface area (Å²) < 4.78 is 4.36. The number of hydrogen-bond donors (Lipinski definition) is 3. The fourth-order valence-corrected chi connectivity index (χ4v) is 9.56. The maximum Gasteiger partial charge on any atom is 0.329 e. The highest BCUT2D eigenvalue weighted by Gasteiger charge is 2.32. The number of aryl methyl sites for hydroxylation is 1. The number of para-hydroxylation sites is 1. The van der Waals surface area contributed by atoms with Gasteiger partial charge in [-0.25, -0.2) is 19.7 Å². The number of anilines is 2. The summed E-state index contributed by atoms with van der Waals surface area (Å²) in [4.78, 5) is 57.2. The Morgan fingerprint density at radius 3 is 2.56 bits per heavy atom. The summed E-state index contributed by atoms with van der Waals surface area (Å²) in [6.07, 6.45) is 8.33. The first kappa shape index (κ1) is 36.1. The first-order valence-corrected chi connectivity index (χ1v) is 19.7. The zero-order valence-corrected chi connectivity index (χ0v) is 31.9. The number of imidazole rings is 1. The number of allylic oxidation sites excluding steroid dienone is 1. The number of amides is 2. The van der Waals surface area contributed by atoms with Crippen LogP contribution in [0.25, 0.3) is 21.3 Å². The van der Waals surface area contributed by atoms with E-state index in [0.717, 1.165) is 84.8 Å². The monoisotopic (exact) mass is 749 g/mol. The Morgan fingerprint density at radius 2 is 1.85 bits per heavy atom. The molecule has 282 valence electrons. The third kappa shape index (κ3) is 6.93. The molecule has 3 saturated heterocycles. The number of thiazole rings is 1. The van der Waals surface area contributed by atoms with Crippen LogP contribution in [0, 0.1) is 5.92 Å². The summed E-state index contributed by atoms with van der Waals surface area (Å²) in [5.41, 5.74) is 4.52. The van der Waals surface area contributed by atoms with Gasteiger partial charge in [0.1, 0.15) is 18.1 Å². The van der Waals surface area contributed by atoms with Gasteiger partial charge in [0.2, 0.25) is 5.91 Å². The molecule has 0 spiro atoms. The van der Waals surface area contributed by atoms with E-state index in [1.165, 1.54) is 18.1 Å². The van der Waals surface area contributed by atoms with Crippen molar-refractivity contribution in [1.29, 1.82) is 0 Å². The zero-order chi connectivity index (χ0) is 37.7. The number of carbonyl (C=O) groups excluding carboxylic acids is 2. The second kappa shape index (κ2) is 14.4. The van der Waals surface area contributed by atoms with E-state index in [1.807, 2.05) is 31.3 Å². The van der Waals surface area contributed by atoms with E-state index in [2.05, 4.69) is 43.0 Å². The lowest BCUT2D eigenvalue weighted by Gasteiger charge is -2.38. The fraction of sp³-hybridized carbons (Fsp3) is 0.450. The number of nitrogens with one attached hydrogen (secondary N) is 2. The Labute approximate surface area is 317 Å². The Balaban J connectivity index is 0.896. The molecule has 0 saturated carbocycles. The molecule has 6 heterocycles. The minimum Gasteiger partial charge on any atom is -0.386 e. The van der Waals surface area contributed by atoms with Gasteiger partial charge >= 0.3 is 5.69 Å². The molecule has 5 aromatic rings. The summed E-state index contributed by atoms with van der Waals surface area (Å²) in [5.74, 6) is 0.429.